The minimum atomic E-state index is -0.846. The zero-order chi connectivity index (χ0) is 12.8. The fraction of sp³-hybridized carbons (Fsp3) is 0.333. The molecule has 1 aromatic carbocycles. The summed E-state index contributed by atoms with van der Waals surface area (Å²) >= 11 is 3.28. The number of benzene rings is 1. The molecule has 92 valence electrons. The predicted octanol–water partition coefficient (Wildman–Crippen LogP) is 2.29. The average Bonchev–Trinajstić information content (AvgIpc) is 2.28. The van der Waals surface area contributed by atoms with E-state index in [9.17, 15) is 9.59 Å². The third-order valence-corrected chi connectivity index (χ3v) is 2.86. The van der Waals surface area contributed by atoms with Crippen LogP contribution in [0.3, 0.4) is 0 Å². The highest BCUT2D eigenvalue weighted by atomic mass is 79.9. The summed E-state index contributed by atoms with van der Waals surface area (Å²) in [4.78, 5) is 22.2. The zero-order valence-corrected chi connectivity index (χ0v) is 11.0. The summed E-state index contributed by atoms with van der Waals surface area (Å²) in [6, 6.07) is 7.04. The Morgan fingerprint density at radius 1 is 1.47 bits per heavy atom. The summed E-state index contributed by atoms with van der Waals surface area (Å²) in [5.41, 5.74) is 0.558. The lowest BCUT2D eigenvalue weighted by molar-refractivity contribution is -0.141. The maximum Gasteiger partial charge on any atom is 0.306 e. The molecule has 0 aliphatic carbocycles. The molecule has 1 atom stereocenters. The van der Waals surface area contributed by atoms with E-state index in [-0.39, 0.29) is 5.91 Å². The van der Waals surface area contributed by atoms with Crippen LogP contribution in [0.5, 0.6) is 0 Å². The number of carboxylic acid groups (broad SMARTS) is 1. The molecule has 17 heavy (non-hydrogen) atoms. The van der Waals surface area contributed by atoms with Gasteiger partial charge in [0.25, 0.3) is 5.91 Å². The van der Waals surface area contributed by atoms with E-state index in [1.54, 1.807) is 25.1 Å². The molecule has 0 aliphatic rings. The molecule has 0 aliphatic heterocycles. The van der Waals surface area contributed by atoms with Gasteiger partial charge < -0.3 is 10.4 Å². The lowest BCUT2D eigenvalue weighted by atomic mass is 10.1. The Bertz CT molecular complexity index is 420. The Labute approximate surface area is 108 Å². The first-order valence-corrected chi connectivity index (χ1v) is 6.06. The largest absolute Gasteiger partial charge is 0.481 e. The molecule has 0 saturated carbocycles. The normalized spacial score (nSPS) is 11.9. The lowest BCUT2D eigenvalue weighted by Gasteiger charge is -2.08. The first-order valence-electron chi connectivity index (χ1n) is 5.27. The van der Waals surface area contributed by atoms with Crippen LogP contribution < -0.4 is 5.32 Å². The van der Waals surface area contributed by atoms with Crippen LogP contribution in [0.1, 0.15) is 23.7 Å². The van der Waals surface area contributed by atoms with E-state index in [1.165, 1.54) is 0 Å². The van der Waals surface area contributed by atoms with Crippen molar-refractivity contribution in [2.75, 3.05) is 6.54 Å². The number of halogens is 1. The molecule has 1 rings (SSSR count). The number of aliphatic carboxylic acids is 1. The van der Waals surface area contributed by atoms with Crippen molar-refractivity contribution in [1.82, 2.24) is 5.32 Å². The van der Waals surface area contributed by atoms with Gasteiger partial charge >= 0.3 is 5.97 Å². The topological polar surface area (TPSA) is 66.4 Å². The fourth-order valence-electron chi connectivity index (χ4n) is 1.26. The van der Waals surface area contributed by atoms with Gasteiger partial charge in [0.1, 0.15) is 0 Å². The molecule has 0 spiro atoms. The highest BCUT2D eigenvalue weighted by molar-refractivity contribution is 9.10. The monoisotopic (exact) mass is 299 g/mol. The quantitative estimate of drug-likeness (QED) is 0.877. The molecular formula is C12H14BrNO3. The molecule has 0 fully saturated rings. The van der Waals surface area contributed by atoms with Crippen LogP contribution in [0.15, 0.2) is 28.7 Å². The number of hydrogen-bond acceptors (Lipinski definition) is 2. The predicted molar refractivity (Wildman–Crippen MR) is 67.9 cm³/mol. The van der Waals surface area contributed by atoms with E-state index in [1.807, 2.05) is 6.07 Å². The van der Waals surface area contributed by atoms with Crippen molar-refractivity contribution in [2.24, 2.45) is 5.92 Å². The Morgan fingerprint density at radius 3 is 2.76 bits per heavy atom. The van der Waals surface area contributed by atoms with Gasteiger partial charge in [0.05, 0.1) is 5.92 Å². The van der Waals surface area contributed by atoms with Crippen LogP contribution >= 0.6 is 15.9 Å². The smallest absolute Gasteiger partial charge is 0.306 e. The molecule has 0 heterocycles. The van der Waals surface area contributed by atoms with Crippen LogP contribution in [0.4, 0.5) is 0 Å². The molecule has 5 heteroatoms. The van der Waals surface area contributed by atoms with Crippen molar-refractivity contribution in [3.05, 3.63) is 34.3 Å². The molecule has 0 radical (unpaired) electrons. The van der Waals surface area contributed by atoms with Crippen molar-refractivity contribution in [3.63, 3.8) is 0 Å². The average molecular weight is 300 g/mol. The summed E-state index contributed by atoms with van der Waals surface area (Å²) in [5.74, 6) is -1.48. The Kier molecular flexibility index (Phi) is 5.15. The minimum absolute atomic E-state index is 0.191. The van der Waals surface area contributed by atoms with Crippen molar-refractivity contribution in [2.45, 2.75) is 13.3 Å². The van der Waals surface area contributed by atoms with Crippen molar-refractivity contribution >= 4 is 27.8 Å². The van der Waals surface area contributed by atoms with Crippen LogP contribution in [0.2, 0.25) is 0 Å². The second kappa shape index (κ2) is 6.39. The van der Waals surface area contributed by atoms with Gasteiger partial charge in [0.15, 0.2) is 0 Å². The number of rotatable bonds is 5. The van der Waals surface area contributed by atoms with Gasteiger partial charge in [-0.25, -0.2) is 0 Å². The molecule has 1 aromatic rings. The first-order chi connectivity index (χ1) is 8.00. The molecule has 1 unspecified atom stereocenters. The Morgan fingerprint density at radius 2 is 2.18 bits per heavy atom. The van der Waals surface area contributed by atoms with Gasteiger partial charge in [-0.3, -0.25) is 9.59 Å². The van der Waals surface area contributed by atoms with Gasteiger partial charge in [-0.2, -0.15) is 0 Å². The third-order valence-electron chi connectivity index (χ3n) is 2.37. The SMILES string of the molecule is CC(CCNC(=O)c1cccc(Br)c1)C(=O)O. The van der Waals surface area contributed by atoms with Crippen molar-refractivity contribution < 1.29 is 14.7 Å². The maximum absolute atomic E-state index is 11.7. The lowest BCUT2D eigenvalue weighted by Crippen LogP contribution is -2.27. The molecular weight excluding hydrogens is 286 g/mol. The summed E-state index contributed by atoms with van der Waals surface area (Å²) < 4.78 is 0.837. The number of carbonyl (C=O) groups excluding carboxylic acids is 1. The summed E-state index contributed by atoms with van der Waals surface area (Å²) in [5, 5.41) is 11.4. The molecule has 4 nitrogen and oxygen atoms in total. The molecule has 0 aromatic heterocycles. The van der Waals surface area contributed by atoms with Crippen LogP contribution in [-0.2, 0) is 4.79 Å². The number of hydrogen-bond donors (Lipinski definition) is 2. The van der Waals surface area contributed by atoms with Crippen molar-refractivity contribution in [1.29, 1.82) is 0 Å². The summed E-state index contributed by atoms with van der Waals surface area (Å²) in [7, 11) is 0. The van der Waals surface area contributed by atoms with Crippen LogP contribution in [-0.4, -0.2) is 23.5 Å². The van der Waals surface area contributed by atoms with Gasteiger partial charge in [-0.15, -0.1) is 0 Å². The summed E-state index contributed by atoms with van der Waals surface area (Å²) in [6.45, 7) is 1.98. The summed E-state index contributed by atoms with van der Waals surface area (Å²) in [6.07, 6.45) is 0.426. The standard InChI is InChI=1S/C12H14BrNO3/c1-8(12(16)17)5-6-14-11(15)9-3-2-4-10(13)7-9/h2-4,7-8H,5-6H2,1H3,(H,14,15)(H,16,17). The zero-order valence-electron chi connectivity index (χ0n) is 9.44. The van der Waals surface area contributed by atoms with Gasteiger partial charge in [0, 0.05) is 16.6 Å². The third kappa shape index (κ3) is 4.56. The minimum Gasteiger partial charge on any atom is -0.481 e. The van der Waals surface area contributed by atoms with E-state index in [4.69, 9.17) is 5.11 Å². The molecule has 1 amide bonds. The van der Waals surface area contributed by atoms with Gasteiger partial charge in [-0.1, -0.05) is 28.9 Å². The van der Waals surface area contributed by atoms with Crippen LogP contribution in [0, 0.1) is 5.92 Å². The number of carboxylic acids is 1. The highest BCUT2D eigenvalue weighted by Gasteiger charge is 2.11. The van der Waals surface area contributed by atoms with E-state index in [0.29, 0.717) is 18.5 Å². The second-order valence-electron chi connectivity index (χ2n) is 3.79. The second-order valence-corrected chi connectivity index (χ2v) is 4.71. The van der Waals surface area contributed by atoms with E-state index in [2.05, 4.69) is 21.2 Å². The number of amides is 1. The van der Waals surface area contributed by atoms with Gasteiger partial charge in [0.2, 0.25) is 0 Å². The number of nitrogens with one attached hydrogen (secondary N) is 1. The fourth-order valence-corrected chi connectivity index (χ4v) is 1.66. The highest BCUT2D eigenvalue weighted by Crippen LogP contribution is 2.11. The Hall–Kier alpha value is -1.36. The molecule has 0 saturated heterocycles. The Balaban J connectivity index is 2.43. The first kappa shape index (κ1) is 13.7. The van der Waals surface area contributed by atoms with Crippen LogP contribution in [0.25, 0.3) is 0 Å². The van der Waals surface area contributed by atoms with E-state index < -0.39 is 11.9 Å². The molecule has 2 N–H and O–H groups in total. The van der Waals surface area contributed by atoms with Crippen molar-refractivity contribution in [3.8, 4) is 0 Å². The maximum atomic E-state index is 11.7. The number of carbonyl (C=O) groups is 2. The van der Waals surface area contributed by atoms with Gasteiger partial charge in [-0.05, 0) is 24.6 Å². The van der Waals surface area contributed by atoms with E-state index in [0.717, 1.165) is 4.47 Å². The van der Waals surface area contributed by atoms with E-state index >= 15 is 0 Å². The molecule has 0 bridgehead atoms.